The number of carbonyl (C=O) groups is 1. The maximum atomic E-state index is 11.2. The van der Waals surface area contributed by atoms with Crippen LogP contribution in [0.2, 0.25) is 0 Å². The van der Waals surface area contributed by atoms with E-state index in [-0.39, 0.29) is 5.97 Å². The molecule has 3 heteroatoms. The number of ether oxygens (including phenoxy) is 2. The lowest BCUT2D eigenvalue weighted by Gasteiger charge is -2.16. The molecule has 0 unspecified atom stereocenters. The molecule has 0 N–H and O–H groups in total. The highest BCUT2D eigenvalue weighted by Crippen LogP contribution is 2.30. The van der Waals surface area contributed by atoms with Crippen LogP contribution in [-0.2, 0) is 16.0 Å². The second kappa shape index (κ2) is 5.71. The van der Waals surface area contributed by atoms with Gasteiger partial charge in [0.1, 0.15) is 5.75 Å². The van der Waals surface area contributed by atoms with Crippen LogP contribution in [0.4, 0.5) is 0 Å². The summed E-state index contributed by atoms with van der Waals surface area (Å²) in [7, 11) is 3.08. The van der Waals surface area contributed by atoms with Crippen molar-refractivity contribution in [2.45, 2.75) is 33.6 Å². The SMILES string of the molecule is COC(=O)CCc1c(C)cc(C)c(C)c1OC. The molecular weight excluding hydrogens is 216 g/mol. The van der Waals surface area contributed by atoms with Crippen LogP contribution in [0, 0.1) is 20.8 Å². The Bertz CT molecular complexity index is 422. The quantitative estimate of drug-likeness (QED) is 0.754. The number of methoxy groups -OCH3 is 2. The van der Waals surface area contributed by atoms with Crippen molar-refractivity contribution in [2.24, 2.45) is 0 Å². The van der Waals surface area contributed by atoms with Gasteiger partial charge in [-0.1, -0.05) is 6.07 Å². The van der Waals surface area contributed by atoms with Crippen molar-refractivity contribution in [3.63, 3.8) is 0 Å². The molecule has 0 radical (unpaired) electrons. The van der Waals surface area contributed by atoms with E-state index in [0.29, 0.717) is 12.8 Å². The van der Waals surface area contributed by atoms with Crippen LogP contribution in [-0.4, -0.2) is 20.2 Å². The molecule has 0 saturated heterocycles. The Morgan fingerprint density at radius 3 is 2.35 bits per heavy atom. The monoisotopic (exact) mass is 236 g/mol. The molecule has 0 aliphatic carbocycles. The van der Waals surface area contributed by atoms with Gasteiger partial charge in [-0.3, -0.25) is 4.79 Å². The van der Waals surface area contributed by atoms with Crippen LogP contribution in [0.5, 0.6) is 5.75 Å². The van der Waals surface area contributed by atoms with E-state index in [1.165, 1.54) is 12.7 Å². The zero-order chi connectivity index (χ0) is 13.0. The first-order valence-corrected chi connectivity index (χ1v) is 5.71. The van der Waals surface area contributed by atoms with Crippen LogP contribution in [0.1, 0.15) is 28.7 Å². The molecule has 17 heavy (non-hydrogen) atoms. The van der Waals surface area contributed by atoms with Gasteiger partial charge in [-0.2, -0.15) is 0 Å². The van der Waals surface area contributed by atoms with Crippen LogP contribution < -0.4 is 4.74 Å². The maximum absolute atomic E-state index is 11.2. The predicted molar refractivity (Wildman–Crippen MR) is 67.5 cm³/mol. The number of benzene rings is 1. The van der Waals surface area contributed by atoms with E-state index in [1.807, 2.05) is 13.8 Å². The molecule has 0 bridgehead atoms. The smallest absolute Gasteiger partial charge is 0.305 e. The fraction of sp³-hybridized carbons (Fsp3) is 0.500. The van der Waals surface area contributed by atoms with Gasteiger partial charge >= 0.3 is 5.97 Å². The van der Waals surface area contributed by atoms with Gasteiger partial charge in [-0.25, -0.2) is 0 Å². The van der Waals surface area contributed by atoms with E-state index in [9.17, 15) is 4.79 Å². The Labute approximate surface area is 103 Å². The third-order valence-electron chi connectivity index (χ3n) is 3.13. The summed E-state index contributed by atoms with van der Waals surface area (Å²) in [6.07, 6.45) is 1.04. The summed E-state index contributed by atoms with van der Waals surface area (Å²) >= 11 is 0. The molecule has 0 aromatic heterocycles. The molecule has 0 spiro atoms. The summed E-state index contributed by atoms with van der Waals surface area (Å²) in [6, 6.07) is 2.13. The average molecular weight is 236 g/mol. The molecule has 0 saturated carbocycles. The topological polar surface area (TPSA) is 35.5 Å². The van der Waals surface area contributed by atoms with Gasteiger partial charge in [0.25, 0.3) is 0 Å². The van der Waals surface area contributed by atoms with E-state index in [1.54, 1.807) is 7.11 Å². The van der Waals surface area contributed by atoms with E-state index >= 15 is 0 Å². The van der Waals surface area contributed by atoms with Crippen LogP contribution in [0.15, 0.2) is 6.07 Å². The van der Waals surface area contributed by atoms with Gasteiger partial charge in [0.2, 0.25) is 0 Å². The number of aryl methyl sites for hydroxylation is 2. The van der Waals surface area contributed by atoms with Gasteiger partial charge in [0.15, 0.2) is 0 Å². The predicted octanol–water partition coefficient (Wildman–Crippen LogP) is 2.73. The number of rotatable bonds is 4. The fourth-order valence-corrected chi connectivity index (χ4v) is 2.02. The summed E-state index contributed by atoms with van der Waals surface area (Å²) < 4.78 is 10.1. The molecule has 0 aliphatic heterocycles. The van der Waals surface area contributed by atoms with E-state index < -0.39 is 0 Å². The Balaban J connectivity index is 3.05. The van der Waals surface area contributed by atoms with Crippen molar-refractivity contribution in [3.8, 4) is 5.75 Å². The molecule has 0 amide bonds. The third-order valence-corrected chi connectivity index (χ3v) is 3.13. The highest BCUT2D eigenvalue weighted by molar-refractivity contribution is 5.70. The van der Waals surface area contributed by atoms with Gasteiger partial charge in [0, 0.05) is 6.42 Å². The largest absolute Gasteiger partial charge is 0.496 e. The summed E-state index contributed by atoms with van der Waals surface area (Å²) in [5, 5.41) is 0. The number of esters is 1. The highest BCUT2D eigenvalue weighted by Gasteiger charge is 2.13. The van der Waals surface area contributed by atoms with Crippen LogP contribution in [0.3, 0.4) is 0 Å². The Kier molecular flexibility index (Phi) is 4.55. The minimum Gasteiger partial charge on any atom is -0.496 e. The second-order valence-corrected chi connectivity index (χ2v) is 4.22. The van der Waals surface area contributed by atoms with Crippen molar-refractivity contribution < 1.29 is 14.3 Å². The maximum Gasteiger partial charge on any atom is 0.305 e. The second-order valence-electron chi connectivity index (χ2n) is 4.22. The molecule has 0 heterocycles. The first kappa shape index (κ1) is 13.6. The number of hydrogen-bond acceptors (Lipinski definition) is 3. The first-order chi connectivity index (χ1) is 8.01. The van der Waals surface area contributed by atoms with Gasteiger partial charge in [-0.05, 0) is 49.4 Å². The third kappa shape index (κ3) is 2.99. The molecule has 0 atom stereocenters. The number of carbonyl (C=O) groups excluding carboxylic acids is 1. The van der Waals surface area contributed by atoms with E-state index in [2.05, 4.69) is 17.7 Å². The normalized spacial score (nSPS) is 10.2. The van der Waals surface area contributed by atoms with Crippen molar-refractivity contribution in [2.75, 3.05) is 14.2 Å². The van der Waals surface area contributed by atoms with Gasteiger partial charge < -0.3 is 9.47 Å². The lowest BCUT2D eigenvalue weighted by atomic mass is 9.96. The summed E-state index contributed by atoms with van der Waals surface area (Å²) in [6.45, 7) is 6.14. The number of hydrogen-bond donors (Lipinski definition) is 0. The zero-order valence-corrected chi connectivity index (χ0v) is 11.2. The molecule has 1 rings (SSSR count). The standard InChI is InChI=1S/C14H20O3/c1-9-8-10(2)12(6-7-13(15)16-4)14(17-5)11(9)3/h8H,6-7H2,1-5H3. The molecule has 3 nitrogen and oxygen atoms in total. The van der Waals surface area contributed by atoms with Crippen LogP contribution in [0.25, 0.3) is 0 Å². The summed E-state index contributed by atoms with van der Waals surface area (Å²) in [4.78, 5) is 11.2. The van der Waals surface area contributed by atoms with Gasteiger partial charge in [-0.15, -0.1) is 0 Å². The average Bonchev–Trinajstić information content (AvgIpc) is 2.31. The Morgan fingerprint density at radius 1 is 1.18 bits per heavy atom. The molecule has 94 valence electrons. The zero-order valence-electron chi connectivity index (χ0n) is 11.2. The molecule has 1 aromatic rings. The highest BCUT2D eigenvalue weighted by atomic mass is 16.5. The van der Waals surface area contributed by atoms with E-state index in [4.69, 9.17) is 4.74 Å². The molecule has 0 aliphatic rings. The summed E-state index contributed by atoms with van der Waals surface area (Å²) in [5.41, 5.74) is 4.61. The van der Waals surface area contributed by atoms with Crippen molar-refractivity contribution in [1.82, 2.24) is 0 Å². The lowest BCUT2D eigenvalue weighted by Crippen LogP contribution is -2.05. The summed E-state index contributed by atoms with van der Waals surface area (Å²) in [5.74, 6) is 0.705. The lowest BCUT2D eigenvalue weighted by molar-refractivity contribution is -0.140. The minimum atomic E-state index is -0.190. The Morgan fingerprint density at radius 2 is 1.82 bits per heavy atom. The fourth-order valence-electron chi connectivity index (χ4n) is 2.02. The van der Waals surface area contributed by atoms with Crippen molar-refractivity contribution >= 4 is 5.97 Å². The Hall–Kier alpha value is -1.51. The van der Waals surface area contributed by atoms with Gasteiger partial charge in [0.05, 0.1) is 14.2 Å². The first-order valence-electron chi connectivity index (χ1n) is 5.71. The molecule has 0 fully saturated rings. The van der Waals surface area contributed by atoms with Crippen molar-refractivity contribution in [1.29, 1.82) is 0 Å². The van der Waals surface area contributed by atoms with Crippen molar-refractivity contribution in [3.05, 3.63) is 28.3 Å². The molecule has 1 aromatic carbocycles. The molecular formula is C14H20O3. The minimum absolute atomic E-state index is 0.190. The van der Waals surface area contributed by atoms with Crippen LogP contribution >= 0.6 is 0 Å². The van der Waals surface area contributed by atoms with E-state index in [0.717, 1.165) is 22.4 Å².